The summed E-state index contributed by atoms with van der Waals surface area (Å²) in [6.07, 6.45) is 1.07. The number of carbonyl (C=O) groups excluding carboxylic acids is 1. The van der Waals surface area contributed by atoms with Crippen LogP contribution in [-0.2, 0) is 10.3 Å². The van der Waals surface area contributed by atoms with Crippen LogP contribution < -0.4 is 14.2 Å². The summed E-state index contributed by atoms with van der Waals surface area (Å²) in [7, 11) is 0. The Morgan fingerprint density at radius 3 is 2.74 bits per heavy atom. The Balaban J connectivity index is 1.40. The first kappa shape index (κ1) is 19.3. The van der Waals surface area contributed by atoms with Crippen LogP contribution in [0.2, 0.25) is 0 Å². The number of benzene rings is 2. The molecule has 1 unspecified atom stereocenters. The Kier molecular flexibility index (Phi) is 4.93. The first-order valence-corrected chi connectivity index (χ1v) is 10.3. The lowest BCUT2D eigenvalue weighted by atomic mass is 9.97. The second-order valence-electron chi connectivity index (χ2n) is 7.72. The van der Waals surface area contributed by atoms with E-state index in [1.165, 1.54) is 0 Å². The van der Waals surface area contributed by atoms with E-state index in [-0.39, 0.29) is 5.91 Å². The SMILES string of the molecule is CC1(c2nnnn2-c2ccc3c(c2)OCCO3)CCC(=O)N1CCOc1ccccc1. The van der Waals surface area contributed by atoms with E-state index in [1.54, 1.807) is 4.68 Å². The number of hydrogen-bond donors (Lipinski definition) is 0. The molecule has 0 saturated carbocycles. The lowest BCUT2D eigenvalue weighted by Gasteiger charge is -2.34. The number of ether oxygens (including phenoxy) is 3. The number of nitrogens with zero attached hydrogens (tertiary/aromatic N) is 5. The minimum absolute atomic E-state index is 0.0656. The highest BCUT2D eigenvalue weighted by Crippen LogP contribution is 2.39. The van der Waals surface area contributed by atoms with Crippen LogP contribution in [0.4, 0.5) is 0 Å². The van der Waals surface area contributed by atoms with Crippen molar-refractivity contribution in [3.05, 3.63) is 54.4 Å². The van der Waals surface area contributed by atoms with Gasteiger partial charge in [-0.25, -0.2) is 0 Å². The van der Waals surface area contributed by atoms with Crippen LogP contribution in [0.3, 0.4) is 0 Å². The number of amides is 1. The van der Waals surface area contributed by atoms with Crippen LogP contribution in [0.15, 0.2) is 48.5 Å². The van der Waals surface area contributed by atoms with E-state index in [2.05, 4.69) is 15.5 Å². The third-order valence-corrected chi connectivity index (χ3v) is 5.77. The smallest absolute Gasteiger partial charge is 0.223 e. The van der Waals surface area contributed by atoms with Crippen molar-refractivity contribution in [1.29, 1.82) is 0 Å². The molecule has 1 saturated heterocycles. The van der Waals surface area contributed by atoms with Gasteiger partial charge >= 0.3 is 0 Å². The molecule has 1 fully saturated rings. The Labute approximate surface area is 179 Å². The standard InChI is InChI=1S/C22H23N5O4/c1-22(10-9-20(28)26(22)11-12-29-17-5-3-2-4-6-17)21-23-24-25-27(21)16-7-8-18-19(15-16)31-14-13-30-18/h2-8,15H,9-14H2,1H3. The largest absolute Gasteiger partial charge is 0.492 e. The van der Waals surface area contributed by atoms with Crippen molar-refractivity contribution < 1.29 is 19.0 Å². The van der Waals surface area contributed by atoms with Crippen molar-refractivity contribution in [2.24, 2.45) is 0 Å². The lowest BCUT2D eigenvalue weighted by Crippen LogP contribution is -2.45. The molecule has 160 valence electrons. The highest BCUT2D eigenvalue weighted by atomic mass is 16.6. The highest BCUT2D eigenvalue weighted by Gasteiger charge is 2.46. The first-order chi connectivity index (χ1) is 15.1. The molecule has 1 amide bonds. The van der Waals surface area contributed by atoms with Crippen molar-refractivity contribution in [1.82, 2.24) is 25.1 Å². The molecule has 9 nitrogen and oxygen atoms in total. The van der Waals surface area contributed by atoms with Gasteiger partial charge in [0.1, 0.15) is 31.1 Å². The molecule has 0 radical (unpaired) electrons. The van der Waals surface area contributed by atoms with Crippen LogP contribution in [-0.4, -0.2) is 57.4 Å². The molecule has 2 aliphatic rings. The zero-order chi connectivity index (χ0) is 21.3. The summed E-state index contributed by atoms with van der Waals surface area (Å²) in [4.78, 5) is 14.5. The lowest BCUT2D eigenvalue weighted by molar-refractivity contribution is -0.131. The normalized spacial score (nSPS) is 20.2. The number of tetrazole rings is 1. The Hall–Kier alpha value is -3.62. The number of hydrogen-bond acceptors (Lipinski definition) is 7. The van der Waals surface area contributed by atoms with Crippen molar-refractivity contribution >= 4 is 5.91 Å². The summed E-state index contributed by atoms with van der Waals surface area (Å²) in [5, 5.41) is 12.4. The summed E-state index contributed by atoms with van der Waals surface area (Å²) in [5.74, 6) is 2.81. The van der Waals surface area contributed by atoms with Crippen LogP contribution >= 0.6 is 0 Å². The maximum absolute atomic E-state index is 12.7. The van der Waals surface area contributed by atoms with E-state index in [0.29, 0.717) is 56.5 Å². The monoisotopic (exact) mass is 421 g/mol. The minimum Gasteiger partial charge on any atom is -0.492 e. The molecule has 31 heavy (non-hydrogen) atoms. The maximum Gasteiger partial charge on any atom is 0.223 e. The predicted molar refractivity (Wildman–Crippen MR) is 110 cm³/mol. The van der Waals surface area contributed by atoms with E-state index in [9.17, 15) is 4.79 Å². The van der Waals surface area contributed by atoms with Crippen LogP contribution in [0, 0.1) is 0 Å². The van der Waals surface area contributed by atoms with Crippen molar-refractivity contribution in [2.45, 2.75) is 25.3 Å². The quantitative estimate of drug-likeness (QED) is 0.603. The fourth-order valence-corrected chi connectivity index (χ4v) is 4.13. The summed E-state index contributed by atoms with van der Waals surface area (Å²) < 4.78 is 18.8. The average Bonchev–Trinajstić information content (AvgIpc) is 3.41. The molecule has 1 atom stereocenters. The maximum atomic E-state index is 12.7. The van der Waals surface area contributed by atoms with E-state index in [1.807, 2.05) is 60.4 Å². The fourth-order valence-electron chi connectivity index (χ4n) is 4.13. The first-order valence-electron chi connectivity index (χ1n) is 10.3. The van der Waals surface area contributed by atoms with Gasteiger partial charge in [0, 0.05) is 12.5 Å². The van der Waals surface area contributed by atoms with Crippen molar-refractivity contribution in [3.8, 4) is 22.9 Å². The van der Waals surface area contributed by atoms with Gasteiger partial charge in [-0.15, -0.1) is 5.10 Å². The third kappa shape index (κ3) is 3.56. The predicted octanol–water partition coefficient (Wildman–Crippen LogP) is 2.35. The molecule has 9 heteroatoms. The van der Waals surface area contributed by atoms with Gasteiger partial charge in [0.25, 0.3) is 0 Å². The summed E-state index contributed by atoms with van der Waals surface area (Å²) in [5.41, 5.74) is 0.110. The zero-order valence-electron chi connectivity index (χ0n) is 17.2. The number of fused-ring (bicyclic) bond motifs is 1. The van der Waals surface area contributed by atoms with Gasteiger partial charge in [-0.05, 0) is 48.0 Å². The number of para-hydroxylation sites is 1. The molecular weight excluding hydrogens is 398 g/mol. The Bertz CT molecular complexity index is 1090. The molecule has 0 N–H and O–H groups in total. The van der Waals surface area contributed by atoms with E-state index >= 15 is 0 Å². The van der Waals surface area contributed by atoms with Gasteiger partial charge < -0.3 is 19.1 Å². The second kappa shape index (κ2) is 7.90. The Morgan fingerprint density at radius 2 is 1.90 bits per heavy atom. The molecule has 0 spiro atoms. The molecule has 1 aromatic heterocycles. The van der Waals surface area contributed by atoms with Crippen LogP contribution in [0.1, 0.15) is 25.6 Å². The number of aromatic nitrogens is 4. The zero-order valence-corrected chi connectivity index (χ0v) is 17.2. The molecule has 0 aliphatic carbocycles. The van der Waals surface area contributed by atoms with Gasteiger partial charge in [0.2, 0.25) is 5.91 Å². The minimum atomic E-state index is -0.645. The van der Waals surface area contributed by atoms with Crippen molar-refractivity contribution in [3.63, 3.8) is 0 Å². The van der Waals surface area contributed by atoms with Gasteiger partial charge in [-0.2, -0.15) is 4.68 Å². The fraction of sp³-hybridized carbons (Fsp3) is 0.364. The number of rotatable bonds is 6. The van der Waals surface area contributed by atoms with Gasteiger partial charge in [0.15, 0.2) is 17.3 Å². The Morgan fingerprint density at radius 1 is 1.10 bits per heavy atom. The summed E-state index contributed by atoms with van der Waals surface area (Å²) in [6.45, 7) is 3.86. The van der Waals surface area contributed by atoms with E-state index < -0.39 is 5.54 Å². The van der Waals surface area contributed by atoms with Crippen LogP contribution in [0.25, 0.3) is 5.69 Å². The topological polar surface area (TPSA) is 91.6 Å². The molecule has 2 aromatic carbocycles. The van der Waals surface area contributed by atoms with Crippen LogP contribution in [0.5, 0.6) is 17.2 Å². The molecule has 3 aromatic rings. The second-order valence-corrected chi connectivity index (χ2v) is 7.72. The van der Waals surface area contributed by atoms with Gasteiger partial charge in [-0.3, -0.25) is 4.79 Å². The summed E-state index contributed by atoms with van der Waals surface area (Å²) in [6, 6.07) is 15.2. The number of likely N-dealkylation sites (tertiary alicyclic amines) is 1. The molecule has 3 heterocycles. The van der Waals surface area contributed by atoms with Gasteiger partial charge in [0.05, 0.1) is 12.2 Å². The number of carbonyl (C=O) groups is 1. The molecule has 5 rings (SSSR count). The summed E-state index contributed by atoms with van der Waals surface area (Å²) >= 11 is 0. The molecular formula is C22H23N5O4. The van der Waals surface area contributed by atoms with E-state index in [0.717, 1.165) is 11.4 Å². The van der Waals surface area contributed by atoms with E-state index in [4.69, 9.17) is 14.2 Å². The average molecular weight is 421 g/mol. The third-order valence-electron chi connectivity index (χ3n) is 5.77. The molecule has 0 bridgehead atoms. The van der Waals surface area contributed by atoms with Gasteiger partial charge in [-0.1, -0.05) is 18.2 Å². The highest BCUT2D eigenvalue weighted by molar-refractivity contribution is 5.79. The molecule has 2 aliphatic heterocycles. The van der Waals surface area contributed by atoms with Crippen molar-refractivity contribution in [2.75, 3.05) is 26.4 Å².